The largest absolute Gasteiger partial charge is 0.334 e. The van der Waals surface area contributed by atoms with Crippen LogP contribution in [0.2, 0.25) is 0 Å². The highest BCUT2D eigenvalue weighted by Gasteiger charge is 2.05. The summed E-state index contributed by atoms with van der Waals surface area (Å²) in [5, 5.41) is 10.1. The molecule has 1 aliphatic rings. The van der Waals surface area contributed by atoms with Crippen molar-refractivity contribution >= 4 is 6.01 Å². The monoisotopic (exact) mass is 194 g/mol. The highest BCUT2D eigenvalue weighted by atomic mass is 16.5. The van der Waals surface area contributed by atoms with Gasteiger partial charge in [-0.05, 0) is 19.9 Å². The molecule has 0 amide bonds. The van der Waals surface area contributed by atoms with Crippen LogP contribution in [-0.2, 0) is 0 Å². The maximum absolute atomic E-state index is 4.94. The van der Waals surface area contributed by atoms with Gasteiger partial charge in [-0.25, -0.2) is 0 Å². The van der Waals surface area contributed by atoms with Crippen LogP contribution in [0.3, 0.4) is 0 Å². The van der Waals surface area contributed by atoms with E-state index in [1.807, 2.05) is 0 Å². The second-order valence-corrected chi connectivity index (χ2v) is 3.32. The molecule has 2 rings (SSSR count). The minimum Gasteiger partial charge on any atom is -0.334 e. The Hall–Kier alpha value is -1.36. The molecule has 0 fully saturated rings. The number of nitrogens with zero attached hydrogens (tertiary/aromatic N) is 2. The van der Waals surface area contributed by atoms with Gasteiger partial charge in [-0.15, -0.1) is 0 Å². The molecular weight excluding hydrogens is 180 g/mol. The van der Waals surface area contributed by atoms with Gasteiger partial charge in [-0.2, -0.15) is 4.98 Å². The maximum atomic E-state index is 4.94. The summed E-state index contributed by atoms with van der Waals surface area (Å²) in [6.45, 7) is 4.61. The van der Waals surface area contributed by atoms with Gasteiger partial charge in [0, 0.05) is 13.1 Å². The van der Waals surface area contributed by atoms with Crippen molar-refractivity contribution in [3.8, 4) is 0 Å². The number of hydrogen-bond acceptors (Lipinski definition) is 5. The first-order valence-corrected chi connectivity index (χ1v) is 4.77. The molecule has 1 aromatic heterocycles. The smallest absolute Gasteiger partial charge is 0.321 e. The Morgan fingerprint density at radius 3 is 3.21 bits per heavy atom. The van der Waals surface area contributed by atoms with Crippen molar-refractivity contribution in [2.24, 2.45) is 0 Å². The van der Waals surface area contributed by atoms with Crippen LogP contribution < -0.4 is 10.6 Å². The Balaban J connectivity index is 1.84. The minimum atomic E-state index is 0.502. The van der Waals surface area contributed by atoms with E-state index >= 15 is 0 Å². The zero-order valence-corrected chi connectivity index (χ0v) is 8.21. The Kier molecular flexibility index (Phi) is 2.78. The van der Waals surface area contributed by atoms with Crippen molar-refractivity contribution in [2.45, 2.75) is 13.3 Å². The maximum Gasteiger partial charge on any atom is 0.321 e. The summed E-state index contributed by atoms with van der Waals surface area (Å²) < 4.78 is 4.94. The minimum absolute atomic E-state index is 0.502. The predicted molar refractivity (Wildman–Crippen MR) is 53.1 cm³/mol. The normalized spacial score (nSPS) is 16.5. The molecule has 76 valence electrons. The van der Waals surface area contributed by atoms with Crippen LogP contribution in [0.4, 0.5) is 6.01 Å². The van der Waals surface area contributed by atoms with Crippen molar-refractivity contribution < 1.29 is 4.52 Å². The van der Waals surface area contributed by atoms with Gasteiger partial charge in [-0.3, -0.25) is 0 Å². The lowest BCUT2D eigenvalue weighted by atomic mass is 10.1. The molecule has 2 heterocycles. The standard InChI is InChI=1S/C9H14N4O/c1-7-12-9(14-13-7)11-6-8-2-4-10-5-3-8/h2,10H,3-6H2,1H3,(H,11,12,13). The Labute approximate surface area is 82.6 Å². The van der Waals surface area contributed by atoms with Crippen molar-refractivity contribution in [2.75, 3.05) is 25.0 Å². The van der Waals surface area contributed by atoms with Crippen LogP contribution >= 0.6 is 0 Å². The molecule has 0 radical (unpaired) electrons. The van der Waals surface area contributed by atoms with Crippen LogP contribution in [0.25, 0.3) is 0 Å². The fraction of sp³-hybridized carbons (Fsp3) is 0.556. The van der Waals surface area contributed by atoms with Crippen LogP contribution in [-0.4, -0.2) is 29.8 Å². The van der Waals surface area contributed by atoms with Gasteiger partial charge in [0.15, 0.2) is 5.82 Å². The van der Waals surface area contributed by atoms with Gasteiger partial charge in [0.05, 0.1) is 0 Å². The average molecular weight is 194 g/mol. The second-order valence-electron chi connectivity index (χ2n) is 3.32. The SMILES string of the molecule is Cc1noc(NCC2=CCNCC2)n1. The fourth-order valence-electron chi connectivity index (χ4n) is 1.39. The first-order chi connectivity index (χ1) is 6.84. The summed E-state index contributed by atoms with van der Waals surface area (Å²) in [5.41, 5.74) is 1.39. The molecule has 0 aliphatic carbocycles. The first kappa shape index (κ1) is 9.21. The summed E-state index contributed by atoms with van der Waals surface area (Å²) in [4.78, 5) is 4.06. The fourth-order valence-corrected chi connectivity index (χ4v) is 1.39. The molecule has 14 heavy (non-hydrogen) atoms. The van der Waals surface area contributed by atoms with E-state index in [2.05, 4.69) is 26.9 Å². The summed E-state index contributed by atoms with van der Waals surface area (Å²) in [6.07, 6.45) is 3.28. The van der Waals surface area contributed by atoms with E-state index < -0.39 is 0 Å². The molecule has 0 aromatic carbocycles. The highest BCUT2D eigenvalue weighted by molar-refractivity contribution is 5.24. The van der Waals surface area contributed by atoms with Gasteiger partial charge < -0.3 is 15.2 Å². The molecule has 5 heteroatoms. The molecule has 0 saturated carbocycles. The molecule has 0 atom stereocenters. The topological polar surface area (TPSA) is 63.0 Å². The van der Waals surface area contributed by atoms with E-state index in [0.717, 1.165) is 26.1 Å². The van der Waals surface area contributed by atoms with E-state index in [-0.39, 0.29) is 0 Å². The Morgan fingerprint density at radius 2 is 2.57 bits per heavy atom. The van der Waals surface area contributed by atoms with Crippen molar-refractivity contribution in [1.82, 2.24) is 15.5 Å². The molecule has 0 saturated heterocycles. The van der Waals surface area contributed by atoms with Gasteiger partial charge >= 0.3 is 6.01 Å². The molecule has 0 spiro atoms. The van der Waals surface area contributed by atoms with Crippen molar-refractivity contribution in [3.63, 3.8) is 0 Å². The van der Waals surface area contributed by atoms with E-state index in [0.29, 0.717) is 11.8 Å². The Morgan fingerprint density at radius 1 is 1.64 bits per heavy atom. The summed E-state index contributed by atoms with van der Waals surface area (Å²) >= 11 is 0. The third-order valence-electron chi connectivity index (χ3n) is 2.15. The van der Waals surface area contributed by atoms with Crippen LogP contribution in [0, 0.1) is 6.92 Å². The van der Waals surface area contributed by atoms with E-state index in [1.165, 1.54) is 5.57 Å². The van der Waals surface area contributed by atoms with Gasteiger partial charge in [0.1, 0.15) is 0 Å². The second kappa shape index (κ2) is 4.23. The number of anilines is 1. The number of aryl methyl sites for hydroxylation is 1. The first-order valence-electron chi connectivity index (χ1n) is 4.77. The van der Waals surface area contributed by atoms with Crippen LogP contribution in [0.5, 0.6) is 0 Å². The van der Waals surface area contributed by atoms with E-state index in [1.54, 1.807) is 6.92 Å². The number of aromatic nitrogens is 2. The average Bonchev–Trinajstić information content (AvgIpc) is 2.63. The third kappa shape index (κ3) is 2.32. The molecule has 1 aromatic rings. The zero-order chi connectivity index (χ0) is 9.80. The predicted octanol–water partition coefficient (Wildman–Crippen LogP) is 0.710. The molecular formula is C9H14N4O. The number of hydrogen-bond donors (Lipinski definition) is 2. The third-order valence-corrected chi connectivity index (χ3v) is 2.15. The van der Waals surface area contributed by atoms with E-state index in [9.17, 15) is 0 Å². The van der Waals surface area contributed by atoms with Gasteiger partial charge in [-0.1, -0.05) is 16.8 Å². The molecule has 5 nitrogen and oxygen atoms in total. The lowest BCUT2D eigenvalue weighted by Crippen LogP contribution is -2.23. The number of nitrogens with one attached hydrogen (secondary N) is 2. The van der Waals surface area contributed by atoms with Crippen LogP contribution in [0.15, 0.2) is 16.2 Å². The molecule has 2 N–H and O–H groups in total. The van der Waals surface area contributed by atoms with E-state index in [4.69, 9.17) is 4.52 Å². The lowest BCUT2D eigenvalue weighted by Gasteiger charge is -2.13. The summed E-state index contributed by atoms with van der Waals surface area (Å²) in [7, 11) is 0. The summed E-state index contributed by atoms with van der Waals surface area (Å²) in [6, 6.07) is 0.502. The highest BCUT2D eigenvalue weighted by Crippen LogP contribution is 2.07. The molecule has 0 bridgehead atoms. The van der Waals surface area contributed by atoms with Crippen LogP contribution in [0.1, 0.15) is 12.2 Å². The van der Waals surface area contributed by atoms with Crippen molar-refractivity contribution in [3.05, 3.63) is 17.5 Å². The van der Waals surface area contributed by atoms with Gasteiger partial charge in [0.25, 0.3) is 0 Å². The molecule has 0 unspecified atom stereocenters. The Bertz CT molecular complexity index is 331. The number of rotatable bonds is 3. The quantitative estimate of drug-likeness (QED) is 0.694. The van der Waals surface area contributed by atoms with Crippen molar-refractivity contribution in [1.29, 1.82) is 0 Å². The zero-order valence-electron chi connectivity index (χ0n) is 8.21. The lowest BCUT2D eigenvalue weighted by molar-refractivity contribution is 0.426. The van der Waals surface area contributed by atoms with Gasteiger partial charge in [0.2, 0.25) is 0 Å². The summed E-state index contributed by atoms with van der Waals surface area (Å²) in [5.74, 6) is 0.659. The molecule has 1 aliphatic heterocycles.